The Bertz CT molecular complexity index is 695. The molecule has 1 aliphatic carbocycles. The molecule has 2 rings (SSSR count). The number of sulfonamides is 1. The molecular weight excluding hydrogens is 314 g/mol. The zero-order chi connectivity index (χ0) is 16.9. The van der Waals surface area contributed by atoms with E-state index in [0.717, 1.165) is 19.3 Å². The highest BCUT2D eigenvalue weighted by atomic mass is 32.2. The van der Waals surface area contributed by atoms with Crippen molar-refractivity contribution in [2.75, 3.05) is 6.61 Å². The zero-order valence-corrected chi connectivity index (χ0v) is 14.0. The molecule has 0 bridgehead atoms. The third kappa shape index (κ3) is 4.12. The summed E-state index contributed by atoms with van der Waals surface area (Å²) in [5.41, 5.74) is -0.494. The van der Waals surface area contributed by atoms with Gasteiger partial charge in [-0.05, 0) is 44.0 Å². The summed E-state index contributed by atoms with van der Waals surface area (Å²) in [6.45, 7) is 1.98. The predicted molar refractivity (Wildman–Crippen MR) is 87.4 cm³/mol. The van der Waals surface area contributed by atoms with Crippen LogP contribution in [0, 0.1) is 12.3 Å². The van der Waals surface area contributed by atoms with E-state index in [2.05, 4.69) is 10.6 Å². The van der Waals surface area contributed by atoms with Crippen molar-refractivity contribution in [2.45, 2.75) is 49.5 Å². The Kier molecular flexibility index (Phi) is 5.45. The van der Waals surface area contributed by atoms with Gasteiger partial charge in [-0.3, -0.25) is 0 Å². The first-order chi connectivity index (χ1) is 10.9. The number of carbonyl (C=O) groups excluding carboxylic acids is 1. The number of esters is 1. The number of nitrogens with one attached hydrogen (secondary N) is 1. The molecule has 124 valence electrons. The maximum atomic E-state index is 12.5. The van der Waals surface area contributed by atoms with Crippen molar-refractivity contribution in [1.82, 2.24) is 4.72 Å². The van der Waals surface area contributed by atoms with Gasteiger partial charge in [-0.1, -0.05) is 25.2 Å². The number of ether oxygens (including phenoxy) is 1. The molecule has 1 saturated carbocycles. The summed E-state index contributed by atoms with van der Waals surface area (Å²) in [4.78, 5) is 11.7. The molecule has 1 N–H and O–H groups in total. The Labute approximate surface area is 137 Å². The number of carbonyl (C=O) groups is 1. The molecule has 0 spiro atoms. The molecule has 1 aliphatic rings. The lowest BCUT2D eigenvalue weighted by Crippen LogP contribution is -2.48. The van der Waals surface area contributed by atoms with E-state index in [1.165, 1.54) is 24.3 Å². The van der Waals surface area contributed by atoms with E-state index in [-0.39, 0.29) is 11.5 Å². The Morgan fingerprint density at radius 1 is 1.26 bits per heavy atom. The monoisotopic (exact) mass is 335 g/mol. The summed E-state index contributed by atoms with van der Waals surface area (Å²) >= 11 is 0. The summed E-state index contributed by atoms with van der Waals surface area (Å²) in [7, 11) is -3.73. The average Bonchev–Trinajstić information content (AvgIpc) is 2.55. The molecule has 1 fully saturated rings. The van der Waals surface area contributed by atoms with Gasteiger partial charge < -0.3 is 4.74 Å². The van der Waals surface area contributed by atoms with Crippen LogP contribution in [0.15, 0.2) is 29.2 Å². The van der Waals surface area contributed by atoms with Crippen molar-refractivity contribution < 1.29 is 17.9 Å². The molecule has 0 radical (unpaired) electrons. The van der Waals surface area contributed by atoms with Crippen LogP contribution in [-0.4, -0.2) is 26.5 Å². The van der Waals surface area contributed by atoms with Crippen molar-refractivity contribution in [1.29, 1.82) is 0 Å². The van der Waals surface area contributed by atoms with E-state index in [4.69, 9.17) is 11.2 Å². The maximum absolute atomic E-state index is 12.5. The van der Waals surface area contributed by atoms with Gasteiger partial charge in [0.05, 0.1) is 22.6 Å². The highest BCUT2D eigenvalue weighted by Gasteiger charge is 2.34. The highest BCUT2D eigenvalue weighted by Crippen LogP contribution is 2.29. The molecule has 0 heterocycles. The summed E-state index contributed by atoms with van der Waals surface area (Å²) < 4.78 is 32.6. The van der Waals surface area contributed by atoms with E-state index in [9.17, 15) is 13.2 Å². The van der Waals surface area contributed by atoms with Gasteiger partial charge in [0.2, 0.25) is 10.0 Å². The number of hydrogen-bond acceptors (Lipinski definition) is 4. The number of terminal acetylenes is 1. The SMILES string of the molecule is C#CC1(NS(=O)(=O)c2ccc(C(=O)OCC)cc2)CCCCC1. The van der Waals surface area contributed by atoms with Crippen LogP contribution in [0.1, 0.15) is 49.4 Å². The van der Waals surface area contributed by atoms with Crippen molar-refractivity contribution in [3.05, 3.63) is 29.8 Å². The van der Waals surface area contributed by atoms with Crippen molar-refractivity contribution in [3.63, 3.8) is 0 Å². The largest absolute Gasteiger partial charge is 0.462 e. The van der Waals surface area contributed by atoms with Crippen LogP contribution in [0.25, 0.3) is 0 Å². The van der Waals surface area contributed by atoms with Gasteiger partial charge >= 0.3 is 5.97 Å². The van der Waals surface area contributed by atoms with Crippen LogP contribution >= 0.6 is 0 Å². The van der Waals surface area contributed by atoms with Crippen LogP contribution in [0.3, 0.4) is 0 Å². The van der Waals surface area contributed by atoms with Gasteiger partial charge in [-0.25, -0.2) is 13.2 Å². The zero-order valence-electron chi connectivity index (χ0n) is 13.2. The summed E-state index contributed by atoms with van der Waals surface area (Å²) in [5.74, 6) is 2.15. The second-order valence-corrected chi connectivity index (χ2v) is 7.32. The predicted octanol–water partition coefficient (Wildman–Crippen LogP) is 2.48. The minimum atomic E-state index is -3.73. The van der Waals surface area contributed by atoms with Crippen LogP contribution in [0.4, 0.5) is 0 Å². The van der Waals surface area contributed by atoms with Crippen LogP contribution in [0.2, 0.25) is 0 Å². The van der Waals surface area contributed by atoms with Crippen molar-refractivity contribution >= 4 is 16.0 Å². The molecule has 5 nitrogen and oxygen atoms in total. The lowest BCUT2D eigenvalue weighted by molar-refractivity contribution is 0.0526. The van der Waals surface area contributed by atoms with Gasteiger partial charge in [0.1, 0.15) is 0 Å². The van der Waals surface area contributed by atoms with Gasteiger partial charge in [0.25, 0.3) is 0 Å². The van der Waals surface area contributed by atoms with Crippen LogP contribution < -0.4 is 4.72 Å². The van der Waals surface area contributed by atoms with E-state index < -0.39 is 21.5 Å². The molecule has 0 atom stereocenters. The molecule has 0 aromatic heterocycles. The molecule has 6 heteroatoms. The Balaban J connectivity index is 2.19. The summed E-state index contributed by atoms with van der Waals surface area (Å²) in [6.07, 6.45) is 9.76. The minimum absolute atomic E-state index is 0.0887. The minimum Gasteiger partial charge on any atom is -0.462 e. The summed E-state index contributed by atoms with van der Waals surface area (Å²) in [6, 6.07) is 5.66. The molecule has 0 saturated heterocycles. The maximum Gasteiger partial charge on any atom is 0.338 e. The van der Waals surface area contributed by atoms with Gasteiger partial charge in [-0.2, -0.15) is 4.72 Å². The van der Waals surface area contributed by atoms with E-state index in [1.807, 2.05) is 0 Å². The molecule has 0 unspecified atom stereocenters. The van der Waals surface area contributed by atoms with Gasteiger partial charge in [0, 0.05) is 0 Å². The van der Waals surface area contributed by atoms with E-state index in [1.54, 1.807) is 6.92 Å². The first-order valence-corrected chi connectivity index (χ1v) is 9.20. The Hall–Kier alpha value is -1.84. The fourth-order valence-electron chi connectivity index (χ4n) is 2.73. The highest BCUT2D eigenvalue weighted by molar-refractivity contribution is 7.89. The number of benzene rings is 1. The van der Waals surface area contributed by atoms with E-state index in [0.29, 0.717) is 18.4 Å². The average molecular weight is 335 g/mol. The topological polar surface area (TPSA) is 72.5 Å². The third-order valence-corrected chi connectivity index (χ3v) is 5.54. The van der Waals surface area contributed by atoms with E-state index >= 15 is 0 Å². The molecule has 1 aromatic rings. The van der Waals surface area contributed by atoms with Gasteiger partial charge in [0.15, 0.2) is 0 Å². The standard InChI is InChI=1S/C17H21NO4S/c1-3-17(12-6-5-7-13-17)18-23(20,21)15-10-8-14(9-11-15)16(19)22-4-2/h1,8-11,18H,4-7,12-13H2,2H3. The third-order valence-electron chi connectivity index (χ3n) is 3.99. The van der Waals surface area contributed by atoms with Crippen molar-refractivity contribution in [2.24, 2.45) is 0 Å². The fraction of sp³-hybridized carbons (Fsp3) is 0.471. The number of hydrogen-bond donors (Lipinski definition) is 1. The molecule has 1 aromatic carbocycles. The molecular formula is C17H21NO4S. The molecule has 23 heavy (non-hydrogen) atoms. The normalized spacial score (nSPS) is 17.2. The smallest absolute Gasteiger partial charge is 0.338 e. The van der Waals surface area contributed by atoms with Crippen LogP contribution in [-0.2, 0) is 14.8 Å². The second-order valence-electron chi connectivity index (χ2n) is 5.64. The Morgan fingerprint density at radius 2 is 1.87 bits per heavy atom. The first-order valence-electron chi connectivity index (χ1n) is 7.71. The summed E-state index contributed by atoms with van der Waals surface area (Å²) in [5, 5.41) is 0. The van der Waals surface area contributed by atoms with Crippen molar-refractivity contribution in [3.8, 4) is 12.3 Å². The lowest BCUT2D eigenvalue weighted by atomic mass is 9.83. The molecule has 0 amide bonds. The second kappa shape index (κ2) is 7.16. The quantitative estimate of drug-likeness (QED) is 0.663. The van der Waals surface area contributed by atoms with Crippen LogP contribution in [0.5, 0.6) is 0 Å². The first kappa shape index (κ1) is 17.5. The Morgan fingerprint density at radius 3 is 2.39 bits per heavy atom. The van der Waals surface area contributed by atoms with Gasteiger partial charge in [-0.15, -0.1) is 6.42 Å². The molecule has 0 aliphatic heterocycles. The number of rotatable bonds is 5. The fourth-order valence-corrected chi connectivity index (χ4v) is 4.12. The lowest BCUT2D eigenvalue weighted by Gasteiger charge is -2.32.